The van der Waals surface area contributed by atoms with Crippen LogP contribution < -0.4 is 26.8 Å². The SMILES string of the molecule is CNc1ccc(NCc2ccc(CNc3ccc(NNC(N(C)C)[N+](C)(C)C)cc3)cc2)cc1. The molecule has 3 aromatic rings. The molecule has 0 aliphatic heterocycles. The number of hydrogen-bond acceptors (Lipinski definition) is 6. The maximum atomic E-state index is 3.50. The molecule has 3 aromatic carbocycles. The molecular weight excluding hydrogens is 422 g/mol. The molecule has 0 aromatic heterocycles. The van der Waals surface area contributed by atoms with E-state index in [4.69, 9.17) is 0 Å². The topological polar surface area (TPSA) is 63.4 Å². The van der Waals surface area contributed by atoms with Crippen LogP contribution in [0.2, 0.25) is 0 Å². The number of quaternary nitrogens is 1. The van der Waals surface area contributed by atoms with Crippen molar-refractivity contribution in [2.75, 3.05) is 63.7 Å². The van der Waals surface area contributed by atoms with Crippen molar-refractivity contribution in [1.29, 1.82) is 0 Å². The Labute approximate surface area is 204 Å². The minimum absolute atomic E-state index is 0.148. The molecule has 1 unspecified atom stereocenters. The summed E-state index contributed by atoms with van der Waals surface area (Å²) in [5, 5.41) is 10.1. The maximum Gasteiger partial charge on any atom is 0.218 e. The minimum Gasteiger partial charge on any atom is -0.388 e. The van der Waals surface area contributed by atoms with Gasteiger partial charge in [-0.1, -0.05) is 24.3 Å². The zero-order valence-corrected chi connectivity index (χ0v) is 21.3. The van der Waals surface area contributed by atoms with Crippen LogP contribution in [-0.2, 0) is 13.1 Å². The standard InChI is InChI=1S/C27H40N7/c1-28-23-11-13-24(14-12-23)29-19-21-7-9-22(10-8-21)20-30-25-15-17-26(18-16-25)31-32-27(33(2)3)34(4,5)6/h7-18,27-32H,19-20H2,1-6H3/q+1. The molecule has 1 atom stereocenters. The average Bonchev–Trinajstić information content (AvgIpc) is 2.82. The number of anilines is 4. The van der Waals surface area contributed by atoms with Crippen molar-refractivity contribution in [3.8, 4) is 0 Å². The Kier molecular flexibility index (Phi) is 8.76. The Hall–Kier alpha value is -3.26. The molecule has 34 heavy (non-hydrogen) atoms. The molecule has 7 nitrogen and oxygen atoms in total. The Morgan fingerprint density at radius 2 is 1.06 bits per heavy atom. The smallest absolute Gasteiger partial charge is 0.218 e. The van der Waals surface area contributed by atoms with Gasteiger partial charge in [-0.25, -0.2) is 4.90 Å². The van der Waals surface area contributed by atoms with E-state index in [0.29, 0.717) is 0 Å². The second-order valence-electron chi connectivity index (χ2n) is 9.65. The molecule has 0 aliphatic rings. The van der Waals surface area contributed by atoms with Crippen LogP contribution in [-0.4, -0.2) is 58.0 Å². The van der Waals surface area contributed by atoms with Gasteiger partial charge in [-0.2, -0.15) is 5.43 Å². The molecule has 0 amide bonds. The zero-order chi connectivity index (χ0) is 24.6. The predicted octanol–water partition coefficient (Wildman–Crippen LogP) is 4.42. The Morgan fingerprint density at radius 3 is 1.44 bits per heavy atom. The van der Waals surface area contributed by atoms with Gasteiger partial charge in [0.1, 0.15) is 0 Å². The van der Waals surface area contributed by atoms with Crippen LogP contribution in [0.15, 0.2) is 72.8 Å². The number of hydrogen-bond donors (Lipinski definition) is 5. The highest BCUT2D eigenvalue weighted by molar-refractivity contribution is 5.54. The minimum atomic E-state index is 0.148. The fourth-order valence-electron chi connectivity index (χ4n) is 3.77. The van der Waals surface area contributed by atoms with Crippen LogP contribution in [0.1, 0.15) is 11.1 Å². The first-order chi connectivity index (χ1) is 16.2. The molecule has 0 saturated heterocycles. The third kappa shape index (κ3) is 7.66. The van der Waals surface area contributed by atoms with E-state index in [-0.39, 0.29) is 6.29 Å². The third-order valence-corrected chi connectivity index (χ3v) is 5.64. The highest BCUT2D eigenvalue weighted by Gasteiger charge is 2.25. The maximum absolute atomic E-state index is 3.50. The fourth-order valence-corrected chi connectivity index (χ4v) is 3.77. The van der Waals surface area contributed by atoms with Crippen LogP contribution in [0.5, 0.6) is 0 Å². The lowest BCUT2D eigenvalue weighted by atomic mass is 10.1. The van der Waals surface area contributed by atoms with Gasteiger partial charge >= 0.3 is 0 Å². The number of nitrogens with one attached hydrogen (secondary N) is 5. The lowest BCUT2D eigenvalue weighted by Crippen LogP contribution is -2.61. The van der Waals surface area contributed by atoms with Crippen LogP contribution >= 0.6 is 0 Å². The third-order valence-electron chi connectivity index (χ3n) is 5.64. The fraction of sp³-hybridized carbons (Fsp3) is 0.333. The van der Waals surface area contributed by atoms with E-state index in [2.05, 4.69) is 140 Å². The molecule has 5 N–H and O–H groups in total. The van der Waals surface area contributed by atoms with E-state index in [0.717, 1.165) is 40.3 Å². The molecule has 0 heterocycles. The summed E-state index contributed by atoms with van der Waals surface area (Å²) in [6.45, 7) is 1.59. The molecule has 0 aliphatic carbocycles. The van der Waals surface area contributed by atoms with Gasteiger partial charge in [-0.05, 0) is 73.8 Å². The quantitative estimate of drug-likeness (QED) is 0.156. The average molecular weight is 463 g/mol. The number of hydrazine groups is 1. The lowest BCUT2D eigenvalue weighted by molar-refractivity contribution is -0.910. The lowest BCUT2D eigenvalue weighted by Gasteiger charge is -2.38. The summed E-state index contributed by atoms with van der Waals surface area (Å²) in [5.41, 5.74) is 13.6. The Balaban J connectivity index is 1.45. The summed E-state index contributed by atoms with van der Waals surface area (Å²) >= 11 is 0. The summed E-state index contributed by atoms with van der Waals surface area (Å²) in [6.07, 6.45) is 0.148. The first-order valence-corrected chi connectivity index (χ1v) is 11.7. The van der Waals surface area contributed by atoms with Gasteiger partial charge in [-0.15, -0.1) is 0 Å². The highest BCUT2D eigenvalue weighted by atomic mass is 15.6. The summed E-state index contributed by atoms with van der Waals surface area (Å²) in [4.78, 5) is 2.16. The molecule has 182 valence electrons. The molecule has 7 heteroatoms. The van der Waals surface area contributed by atoms with Crippen molar-refractivity contribution < 1.29 is 4.48 Å². The number of nitrogens with zero attached hydrogens (tertiary/aromatic N) is 2. The van der Waals surface area contributed by atoms with Gasteiger partial charge in [0.05, 0.1) is 21.1 Å². The van der Waals surface area contributed by atoms with Crippen LogP contribution in [0.3, 0.4) is 0 Å². The first-order valence-electron chi connectivity index (χ1n) is 11.7. The van der Waals surface area contributed by atoms with Gasteiger partial charge in [0.15, 0.2) is 0 Å². The van der Waals surface area contributed by atoms with Crippen molar-refractivity contribution in [1.82, 2.24) is 10.3 Å². The molecule has 0 spiro atoms. The second kappa shape index (κ2) is 11.7. The van der Waals surface area contributed by atoms with Crippen molar-refractivity contribution in [3.63, 3.8) is 0 Å². The zero-order valence-electron chi connectivity index (χ0n) is 21.3. The molecule has 0 radical (unpaired) electrons. The van der Waals surface area contributed by atoms with Crippen LogP contribution in [0.25, 0.3) is 0 Å². The van der Waals surface area contributed by atoms with Crippen molar-refractivity contribution in [2.24, 2.45) is 0 Å². The monoisotopic (exact) mass is 462 g/mol. The van der Waals surface area contributed by atoms with Crippen LogP contribution in [0.4, 0.5) is 22.7 Å². The van der Waals surface area contributed by atoms with Crippen molar-refractivity contribution in [3.05, 3.63) is 83.9 Å². The summed E-state index contributed by atoms with van der Waals surface area (Å²) in [7, 11) is 12.6. The molecule has 3 rings (SSSR count). The van der Waals surface area contributed by atoms with Crippen molar-refractivity contribution in [2.45, 2.75) is 19.4 Å². The second-order valence-corrected chi connectivity index (χ2v) is 9.65. The van der Waals surface area contributed by atoms with Gasteiger partial charge in [0.2, 0.25) is 6.29 Å². The number of rotatable bonds is 12. The van der Waals surface area contributed by atoms with E-state index in [9.17, 15) is 0 Å². The summed E-state index contributed by atoms with van der Waals surface area (Å²) in [5.74, 6) is 0. The summed E-state index contributed by atoms with van der Waals surface area (Å²) in [6, 6.07) is 25.4. The Morgan fingerprint density at radius 1 is 0.647 bits per heavy atom. The largest absolute Gasteiger partial charge is 0.388 e. The molecule has 0 saturated carbocycles. The Bertz CT molecular complexity index is 991. The summed E-state index contributed by atoms with van der Waals surface area (Å²) < 4.78 is 0.776. The van der Waals surface area contributed by atoms with E-state index in [1.807, 2.05) is 7.05 Å². The van der Waals surface area contributed by atoms with Crippen molar-refractivity contribution >= 4 is 22.7 Å². The molecule has 0 bridgehead atoms. The van der Waals surface area contributed by atoms with E-state index >= 15 is 0 Å². The molecule has 0 fully saturated rings. The number of benzene rings is 3. The van der Waals surface area contributed by atoms with Crippen LogP contribution in [0, 0.1) is 0 Å². The normalized spacial score (nSPS) is 12.3. The van der Waals surface area contributed by atoms with Gasteiger partial charge in [0, 0.05) is 42.9 Å². The van der Waals surface area contributed by atoms with E-state index < -0.39 is 0 Å². The first kappa shape index (κ1) is 25.4. The van der Waals surface area contributed by atoms with Gasteiger partial charge in [-0.3, -0.25) is 0 Å². The predicted molar refractivity (Wildman–Crippen MR) is 146 cm³/mol. The molecular formula is C27H40N7+. The van der Waals surface area contributed by atoms with Gasteiger partial charge in [0.25, 0.3) is 0 Å². The van der Waals surface area contributed by atoms with E-state index in [1.165, 1.54) is 11.1 Å². The highest BCUT2D eigenvalue weighted by Crippen LogP contribution is 2.16. The van der Waals surface area contributed by atoms with E-state index in [1.54, 1.807) is 0 Å². The van der Waals surface area contributed by atoms with Gasteiger partial charge < -0.3 is 25.9 Å².